The number of phenols is 1. The van der Waals surface area contributed by atoms with Gasteiger partial charge in [-0.3, -0.25) is 4.79 Å². The molecule has 1 heterocycles. The maximum absolute atomic E-state index is 12.6. The minimum Gasteiger partial charge on any atom is -0.507 e. The first-order chi connectivity index (χ1) is 14.5. The number of benzene rings is 3. The smallest absolute Gasteiger partial charge is 0.262 e. The van der Waals surface area contributed by atoms with Gasteiger partial charge in [0.1, 0.15) is 35.1 Å². The van der Waals surface area contributed by atoms with Gasteiger partial charge in [0, 0.05) is 17.7 Å². The lowest BCUT2D eigenvalue weighted by atomic mass is 10.0. The fourth-order valence-corrected chi connectivity index (χ4v) is 3.52. The Hall–Kier alpha value is -3.80. The van der Waals surface area contributed by atoms with Gasteiger partial charge in [-0.1, -0.05) is 30.3 Å². The minimum atomic E-state index is -0.408. The molecular weight excluding hydrogens is 380 g/mol. The monoisotopic (exact) mass is 402 g/mol. The molecule has 0 spiro atoms. The van der Waals surface area contributed by atoms with Crippen LogP contribution in [0.5, 0.6) is 17.2 Å². The second-order valence-corrected chi connectivity index (χ2v) is 7.17. The number of phenolic OH excluding ortho intramolecular Hbond substituents is 1. The highest BCUT2D eigenvalue weighted by Crippen LogP contribution is 2.31. The highest BCUT2D eigenvalue weighted by molar-refractivity contribution is 5.86. The summed E-state index contributed by atoms with van der Waals surface area (Å²) < 4.78 is 11.2. The van der Waals surface area contributed by atoms with Crippen LogP contribution in [0.2, 0.25) is 0 Å². The van der Waals surface area contributed by atoms with Crippen molar-refractivity contribution in [1.82, 2.24) is 9.97 Å². The number of rotatable bonds is 5. The summed E-state index contributed by atoms with van der Waals surface area (Å²) in [7, 11) is 1.50. The molecule has 0 fully saturated rings. The highest BCUT2D eigenvalue weighted by atomic mass is 16.5. The Balaban J connectivity index is 1.72. The van der Waals surface area contributed by atoms with Crippen molar-refractivity contribution in [2.75, 3.05) is 7.11 Å². The van der Waals surface area contributed by atoms with Crippen LogP contribution in [-0.4, -0.2) is 22.2 Å². The van der Waals surface area contributed by atoms with Crippen LogP contribution in [0.15, 0.2) is 59.4 Å². The van der Waals surface area contributed by atoms with Crippen LogP contribution in [0.4, 0.5) is 0 Å². The van der Waals surface area contributed by atoms with E-state index in [9.17, 15) is 9.90 Å². The molecule has 0 amide bonds. The average Bonchev–Trinajstić information content (AvgIpc) is 2.73. The quantitative estimate of drug-likeness (QED) is 0.513. The molecule has 0 aliphatic heterocycles. The zero-order chi connectivity index (χ0) is 21.3. The largest absolute Gasteiger partial charge is 0.507 e. The fourth-order valence-electron chi connectivity index (χ4n) is 3.52. The van der Waals surface area contributed by atoms with Crippen molar-refractivity contribution in [3.63, 3.8) is 0 Å². The molecule has 1 aromatic heterocycles. The van der Waals surface area contributed by atoms with Gasteiger partial charge in [-0.25, -0.2) is 4.98 Å². The molecule has 6 heteroatoms. The van der Waals surface area contributed by atoms with E-state index < -0.39 is 5.56 Å². The first-order valence-corrected chi connectivity index (χ1v) is 9.55. The Bertz CT molecular complexity index is 1260. The second kappa shape index (κ2) is 7.91. The van der Waals surface area contributed by atoms with Gasteiger partial charge in [0.15, 0.2) is 0 Å². The molecule has 3 aromatic carbocycles. The zero-order valence-corrected chi connectivity index (χ0v) is 17.0. The number of fused-ring (bicyclic) bond motifs is 1. The molecule has 0 saturated heterocycles. The van der Waals surface area contributed by atoms with Crippen molar-refractivity contribution in [3.05, 3.63) is 81.6 Å². The minimum absolute atomic E-state index is 0.135. The van der Waals surface area contributed by atoms with Gasteiger partial charge in [0.25, 0.3) is 5.56 Å². The first-order valence-electron chi connectivity index (χ1n) is 9.55. The lowest BCUT2D eigenvalue weighted by Crippen LogP contribution is -2.10. The molecule has 0 radical (unpaired) electrons. The fraction of sp³-hybridized carbons (Fsp3) is 0.167. The standard InChI is InChI=1S/C24H22N2O4/c1-14-9-17(10-15(2)22(14)30-13-16-7-5-4-6-8-16)23-25-19-11-18(29-3)12-20(27)21(19)24(28)26-23/h4-12,27H,13H2,1-3H3,(H,25,26,28). The van der Waals surface area contributed by atoms with E-state index in [-0.39, 0.29) is 11.1 Å². The number of aromatic nitrogens is 2. The molecule has 30 heavy (non-hydrogen) atoms. The number of methoxy groups -OCH3 is 1. The summed E-state index contributed by atoms with van der Waals surface area (Å²) in [5.41, 5.74) is 3.70. The van der Waals surface area contributed by atoms with E-state index in [1.54, 1.807) is 6.07 Å². The predicted molar refractivity (Wildman–Crippen MR) is 116 cm³/mol. The number of H-pyrrole nitrogens is 1. The maximum atomic E-state index is 12.6. The topological polar surface area (TPSA) is 84.4 Å². The number of ether oxygens (including phenoxy) is 2. The molecule has 0 bridgehead atoms. The van der Waals surface area contributed by atoms with E-state index in [1.807, 2.05) is 56.3 Å². The van der Waals surface area contributed by atoms with E-state index in [2.05, 4.69) is 9.97 Å². The van der Waals surface area contributed by atoms with Crippen LogP contribution < -0.4 is 15.0 Å². The summed E-state index contributed by atoms with van der Waals surface area (Å²) in [6.45, 7) is 4.40. The molecule has 0 aliphatic carbocycles. The third-order valence-corrected chi connectivity index (χ3v) is 4.96. The van der Waals surface area contributed by atoms with Crippen LogP contribution in [0.25, 0.3) is 22.3 Å². The van der Waals surface area contributed by atoms with E-state index in [0.717, 1.165) is 28.0 Å². The van der Waals surface area contributed by atoms with E-state index >= 15 is 0 Å². The van der Waals surface area contributed by atoms with Gasteiger partial charge < -0.3 is 19.6 Å². The van der Waals surface area contributed by atoms with Crippen molar-refractivity contribution < 1.29 is 14.6 Å². The van der Waals surface area contributed by atoms with Gasteiger partial charge in [-0.05, 0) is 42.7 Å². The molecule has 0 saturated carbocycles. The molecule has 0 unspecified atom stereocenters. The summed E-state index contributed by atoms with van der Waals surface area (Å²) >= 11 is 0. The number of aromatic amines is 1. The van der Waals surface area contributed by atoms with Gasteiger partial charge in [0.05, 0.1) is 12.6 Å². The lowest BCUT2D eigenvalue weighted by molar-refractivity contribution is 0.302. The van der Waals surface area contributed by atoms with Crippen LogP contribution in [-0.2, 0) is 6.61 Å². The van der Waals surface area contributed by atoms with Crippen LogP contribution in [0, 0.1) is 13.8 Å². The zero-order valence-electron chi connectivity index (χ0n) is 17.0. The average molecular weight is 402 g/mol. The Morgan fingerprint density at radius 1 is 1.03 bits per heavy atom. The SMILES string of the molecule is COc1cc(O)c2c(=O)[nH]c(-c3cc(C)c(OCc4ccccc4)c(C)c3)nc2c1. The molecule has 4 aromatic rings. The van der Waals surface area contributed by atoms with Crippen molar-refractivity contribution in [2.24, 2.45) is 0 Å². The normalized spacial score (nSPS) is 10.9. The number of nitrogens with one attached hydrogen (secondary N) is 1. The molecule has 0 atom stereocenters. The number of hydrogen-bond acceptors (Lipinski definition) is 5. The first kappa shape index (κ1) is 19.5. The summed E-state index contributed by atoms with van der Waals surface area (Å²) in [5, 5.41) is 10.3. The van der Waals surface area contributed by atoms with Gasteiger partial charge >= 0.3 is 0 Å². The van der Waals surface area contributed by atoms with Crippen LogP contribution in [0.3, 0.4) is 0 Å². The van der Waals surface area contributed by atoms with Gasteiger partial charge in [0.2, 0.25) is 0 Å². The predicted octanol–water partition coefficient (Wildman–Crippen LogP) is 4.50. The summed E-state index contributed by atoms with van der Waals surface area (Å²) in [5.74, 6) is 1.49. The molecule has 152 valence electrons. The van der Waals surface area contributed by atoms with E-state index in [4.69, 9.17) is 9.47 Å². The van der Waals surface area contributed by atoms with Crippen molar-refractivity contribution in [2.45, 2.75) is 20.5 Å². The molecular formula is C24H22N2O4. The van der Waals surface area contributed by atoms with Crippen LogP contribution >= 0.6 is 0 Å². The summed E-state index contributed by atoms with van der Waals surface area (Å²) in [6, 6.07) is 16.9. The van der Waals surface area contributed by atoms with Crippen LogP contribution in [0.1, 0.15) is 16.7 Å². The Morgan fingerprint density at radius 3 is 2.40 bits per heavy atom. The lowest BCUT2D eigenvalue weighted by Gasteiger charge is -2.14. The Labute approximate surface area is 173 Å². The third-order valence-electron chi connectivity index (χ3n) is 4.96. The Kier molecular flexibility index (Phi) is 5.14. The van der Waals surface area contributed by atoms with E-state index in [1.165, 1.54) is 13.2 Å². The number of nitrogens with zero attached hydrogens (tertiary/aromatic N) is 1. The van der Waals surface area contributed by atoms with E-state index in [0.29, 0.717) is 23.7 Å². The number of hydrogen-bond donors (Lipinski definition) is 2. The van der Waals surface area contributed by atoms with Crippen molar-refractivity contribution in [3.8, 4) is 28.6 Å². The van der Waals surface area contributed by atoms with Crippen molar-refractivity contribution >= 4 is 10.9 Å². The number of aryl methyl sites for hydroxylation is 2. The summed E-state index contributed by atoms with van der Waals surface area (Å²) in [6.07, 6.45) is 0. The highest BCUT2D eigenvalue weighted by Gasteiger charge is 2.14. The molecule has 0 aliphatic rings. The second-order valence-electron chi connectivity index (χ2n) is 7.17. The van der Waals surface area contributed by atoms with Crippen molar-refractivity contribution in [1.29, 1.82) is 0 Å². The van der Waals surface area contributed by atoms with Gasteiger partial charge in [-0.15, -0.1) is 0 Å². The molecule has 2 N–H and O–H groups in total. The maximum Gasteiger partial charge on any atom is 0.262 e. The Morgan fingerprint density at radius 2 is 1.73 bits per heavy atom. The summed E-state index contributed by atoms with van der Waals surface area (Å²) in [4.78, 5) is 19.9. The van der Waals surface area contributed by atoms with Gasteiger partial charge in [-0.2, -0.15) is 0 Å². The molecule has 6 nitrogen and oxygen atoms in total. The molecule has 4 rings (SSSR count). The number of aromatic hydroxyl groups is 1. The third kappa shape index (κ3) is 3.72.